The molecule has 9 nitrogen and oxygen atoms in total. The van der Waals surface area contributed by atoms with Crippen LogP contribution < -0.4 is 0 Å². The van der Waals surface area contributed by atoms with Gasteiger partial charge in [0.05, 0.1) is 0 Å². The predicted molar refractivity (Wildman–Crippen MR) is 45.0 cm³/mol. The van der Waals surface area contributed by atoms with Crippen LogP contribution in [0.5, 0.6) is 0 Å². The van der Waals surface area contributed by atoms with Crippen LogP contribution >= 0.6 is 0 Å². The maximum Gasteiger partial charge on any atom is 0.337 e. The number of carbonyl (C=O) groups is 2. The van der Waals surface area contributed by atoms with Crippen LogP contribution in [0.1, 0.15) is 12.8 Å². The summed E-state index contributed by atoms with van der Waals surface area (Å²) >= 11 is 0. The second kappa shape index (κ2) is 3.15. The fourth-order valence-corrected chi connectivity index (χ4v) is 2.24. The Morgan fingerprint density at radius 2 is 1.65 bits per heavy atom. The van der Waals surface area contributed by atoms with Gasteiger partial charge in [0.1, 0.15) is 0 Å². The van der Waals surface area contributed by atoms with Crippen LogP contribution in [0.2, 0.25) is 0 Å². The maximum absolute atomic E-state index is 11.1. The van der Waals surface area contributed by atoms with Gasteiger partial charge in [0.25, 0.3) is 11.9 Å². The first-order valence-electron chi connectivity index (χ1n) is 4.67. The normalized spacial score (nSPS) is 43.4. The summed E-state index contributed by atoms with van der Waals surface area (Å²) < 4.78 is 8.98. The van der Waals surface area contributed by atoms with E-state index in [1.165, 1.54) is 0 Å². The summed E-state index contributed by atoms with van der Waals surface area (Å²) in [6.45, 7) is 0. The van der Waals surface area contributed by atoms with Crippen molar-refractivity contribution in [3.8, 4) is 0 Å². The van der Waals surface area contributed by atoms with E-state index >= 15 is 0 Å². The van der Waals surface area contributed by atoms with E-state index in [4.69, 9.17) is 10.2 Å². The Hall–Kier alpha value is -1.26. The van der Waals surface area contributed by atoms with Crippen molar-refractivity contribution in [2.24, 2.45) is 5.92 Å². The molecular formula is C8H10O9. The molecule has 96 valence electrons. The number of aliphatic carboxylic acids is 2. The molecule has 0 spiro atoms. The second-order valence-corrected chi connectivity index (χ2v) is 4.04. The van der Waals surface area contributed by atoms with Gasteiger partial charge in [-0.15, -0.1) is 0 Å². The fraction of sp³-hybridized carbons (Fsp3) is 0.750. The monoisotopic (exact) mass is 250 g/mol. The van der Waals surface area contributed by atoms with Crippen LogP contribution in [0.3, 0.4) is 0 Å². The van der Waals surface area contributed by atoms with Gasteiger partial charge in [-0.25, -0.2) is 4.79 Å². The van der Waals surface area contributed by atoms with E-state index in [1.54, 1.807) is 0 Å². The Balaban J connectivity index is 2.54. The molecule has 2 fully saturated rings. The average molecular weight is 250 g/mol. The van der Waals surface area contributed by atoms with Gasteiger partial charge >= 0.3 is 11.9 Å². The van der Waals surface area contributed by atoms with Gasteiger partial charge in [0.2, 0.25) is 0 Å². The van der Waals surface area contributed by atoms with Crippen molar-refractivity contribution in [2.45, 2.75) is 30.4 Å². The Labute approximate surface area is 93.8 Å². The molecule has 0 amide bonds. The third kappa shape index (κ3) is 1.51. The lowest BCUT2D eigenvalue weighted by Crippen LogP contribution is -2.67. The molecule has 5 N–H and O–H groups in total. The molecule has 2 aliphatic rings. The van der Waals surface area contributed by atoms with Gasteiger partial charge in [-0.05, 0) is 6.42 Å². The van der Waals surface area contributed by atoms with Crippen LogP contribution in [0.4, 0.5) is 0 Å². The van der Waals surface area contributed by atoms with Crippen LogP contribution in [0.15, 0.2) is 0 Å². The zero-order valence-electron chi connectivity index (χ0n) is 8.36. The van der Waals surface area contributed by atoms with Gasteiger partial charge in [-0.2, -0.15) is 0 Å². The molecule has 2 heterocycles. The summed E-state index contributed by atoms with van der Waals surface area (Å²) in [5.41, 5.74) is -2.43. The molecular weight excluding hydrogens is 240 g/mol. The topological polar surface area (TPSA) is 154 Å². The number of ether oxygens (including phenoxy) is 2. The van der Waals surface area contributed by atoms with Crippen molar-refractivity contribution in [2.75, 3.05) is 0 Å². The first-order valence-corrected chi connectivity index (χ1v) is 4.67. The summed E-state index contributed by atoms with van der Waals surface area (Å²) in [6.07, 6.45) is -0.801. The van der Waals surface area contributed by atoms with Gasteiger partial charge in [0.15, 0.2) is 11.5 Å². The number of fused-ring (bicyclic) bond motifs is 2. The Morgan fingerprint density at radius 3 is 2.12 bits per heavy atom. The first kappa shape index (κ1) is 12.2. The van der Waals surface area contributed by atoms with Crippen molar-refractivity contribution >= 4 is 11.9 Å². The first-order chi connectivity index (χ1) is 7.63. The lowest BCUT2D eigenvalue weighted by Gasteiger charge is -2.44. The van der Waals surface area contributed by atoms with E-state index in [9.17, 15) is 24.9 Å². The number of carboxylic acids is 2. The van der Waals surface area contributed by atoms with Crippen LogP contribution in [0, 0.1) is 5.92 Å². The molecule has 0 aromatic rings. The fourth-order valence-electron chi connectivity index (χ4n) is 2.24. The number of rotatable bonds is 2. The SMILES string of the molecule is O=C(O)C1C(O)(O)OC2(O)CCC1(C(=O)O)O2. The Kier molecular flexibility index (Phi) is 2.26. The molecule has 0 saturated carbocycles. The number of hydrogen-bond donors (Lipinski definition) is 5. The lowest BCUT2D eigenvalue weighted by molar-refractivity contribution is -0.526. The molecule has 0 aromatic heterocycles. The largest absolute Gasteiger partial charge is 0.481 e. The molecule has 0 aliphatic carbocycles. The molecule has 2 rings (SSSR count). The van der Waals surface area contributed by atoms with Crippen molar-refractivity contribution in [1.82, 2.24) is 0 Å². The van der Waals surface area contributed by atoms with Crippen LogP contribution in [-0.4, -0.2) is 55.0 Å². The maximum atomic E-state index is 11.1. The van der Waals surface area contributed by atoms with E-state index in [0.29, 0.717) is 0 Å². The number of carboxylic acid groups (broad SMARTS) is 2. The number of hydrogen-bond acceptors (Lipinski definition) is 7. The van der Waals surface area contributed by atoms with Crippen molar-refractivity contribution in [1.29, 1.82) is 0 Å². The Bertz CT molecular complexity index is 390. The minimum absolute atomic E-state index is 0.383. The minimum atomic E-state index is -3.33. The van der Waals surface area contributed by atoms with Crippen molar-refractivity contribution in [3.63, 3.8) is 0 Å². The smallest absolute Gasteiger partial charge is 0.337 e. The highest BCUT2D eigenvalue weighted by Gasteiger charge is 2.73. The van der Waals surface area contributed by atoms with Gasteiger partial charge in [-0.3, -0.25) is 9.53 Å². The molecule has 17 heavy (non-hydrogen) atoms. The average Bonchev–Trinajstić information content (AvgIpc) is 2.37. The van der Waals surface area contributed by atoms with E-state index in [2.05, 4.69) is 9.47 Å². The van der Waals surface area contributed by atoms with E-state index in [-0.39, 0.29) is 6.42 Å². The zero-order chi connectivity index (χ0) is 13.1. The quantitative estimate of drug-likeness (QED) is 0.338. The molecule has 9 heteroatoms. The van der Waals surface area contributed by atoms with E-state index in [0.717, 1.165) is 0 Å². The van der Waals surface area contributed by atoms with E-state index < -0.39 is 41.8 Å². The number of aliphatic hydroxyl groups is 3. The highest BCUT2D eigenvalue weighted by molar-refractivity contribution is 5.87. The molecule has 2 saturated heterocycles. The molecule has 2 aliphatic heterocycles. The summed E-state index contributed by atoms with van der Waals surface area (Å²) in [6, 6.07) is 0. The predicted octanol–water partition coefficient (Wildman–Crippen LogP) is -2.36. The van der Waals surface area contributed by atoms with E-state index in [1.807, 2.05) is 0 Å². The Morgan fingerprint density at radius 1 is 1.06 bits per heavy atom. The highest BCUT2D eigenvalue weighted by Crippen LogP contribution is 2.51. The summed E-state index contributed by atoms with van der Waals surface area (Å²) in [5.74, 6) is -11.6. The highest BCUT2D eigenvalue weighted by atomic mass is 16.9. The standard InChI is InChI=1S/C8H10O9/c9-4(10)3-6(5(11)12)1-2-7(13,16-6)17-8(3,14)15/h3,13-15H,1-2H2,(H,9,10)(H,11,12). The van der Waals surface area contributed by atoms with Crippen molar-refractivity contribution < 1.29 is 44.6 Å². The third-order valence-electron chi connectivity index (χ3n) is 2.91. The molecule has 2 bridgehead atoms. The third-order valence-corrected chi connectivity index (χ3v) is 2.91. The summed E-state index contributed by atoms with van der Waals surface area (Å²) in [5, 5.41) is 46.2. The zero-order valence-corrected chi connectivity index (χ0v) is 8.36. The van der Waals surface area contributed by atoms with Crippen molar-refractivity contribution in [3.05, 3.63) is 0 Å². The molecule has 0 radical (unpaired) electrons. The molecule has 3 unspecified atom stereocenters. The second-order valence-electron chi connectivity index (χ2n) is 4.04. The van der Waals surface area contributed by atoms with Gasteiger partial charge in [0, 0.05) is 6.42 Å². The van der Waals surface area contributed by atoms with Gasteiger partial charge in [-0.1, -0.05) is 0 Å². The molecule has 0 aromatic carbocycles. The van der Waals surface area contributed by atoms with Gasteiger partial charge < -0.3 is 30.3 Å². The molecule has 3 atom stereocenters. The van der Waals surface area contributed by atoms with Crippen LogP contribution in [-0.2, 0) is 19.1 Å². The summed E-state index contributed by atoms with van der Waals surface area (Å²) in [7, 11) is 0. The van der Waals surface area contributed by atoms with Crippen LogP contribution in [0.25, 0.3) is 0 Å². The minimum Gasteiger partial charge on any atom is -0.481 e. The summed E-state index contributed by atoms with van der Waals surface area (Å²) in [4.78, 5) is 22.0. The lowest BCUT2D eigenvalue weighted by atomic mass is 9.83.